The van der Waals surface area contributed by atoms with Gasteiger partial charge >= 0.3 is 0 Å². The predicted octanol–water partition coefficient (Wildman–Crippen LogP) is 2.07. The van der Waals surface area contributed by atoms with Gasteiger partial charge in [-0.2, -0.15) is 0 Å². The molecule has 2 aliphatic rings. The van der Waals surface area contributed by atoms with Gasteiger partial charge in [0.05, 0.1) is 6.26 Å². The average molecular weight is 181 g/mol. The van der Waals surface area contributed by atoms with Crippen LogP contribution >= 0.6 is 0 Å². The molecule has 0 bridgehead atoms. The van der Waals surface area contributed by atoms with Crippen LogP contribution in [-0.2, 0) is 4.74 Å². The minimum atomic E-state index is 0.421. The zero-order valence-electron chi connectivity index (χ0n) is 8.17. The van der Waals surface area contributed by atoms with Crippen molar-refractivity contribution in [3.63, 3.8) is 0 Å². The molecule has 13 heavy (non-hydrogen) atoms. The Balaban J connectivity index is 1.48. The van der Waals surface area contributed by atoms with E-state index >= 15 is 0 Å². The number of ether oxygens (including phenoxy) is 1. The van der Waals surface area contributed by atoms with Crippen molar-refractivity contribution in [2.24, 2.45) is 5.92 Å². The van der Waals surface area contributed by atoms with E-state index in [0.29, 0.717) is 6.10 Å². The molecule has 0 aromatic heterocycles. The minimum absolute atomic E-state index is 0.421. The van der Waals surface area contributed by atoms with Gasteiger partial charge in [-0.3, -0.25) is 0 Å². The van der Waals surface area contributed by atoms with E-state index in [1.54, 1.807) is 0 Å². The Morgan fingerprint density at radius 3 is 2.92 bits per heavy atom. The molecule has 1 atom stereocenters. The summed E-state index contributed by atoms with van der Waals surface area (Å²) in [5.74, 6) is 1.04. The van der Waals surface area contributed by atoms with Crippen LogP contribution in [0.3, 0.4) is 0 Å². The summed E-state index contributed by atoms with van der Waals surface area (Å²) in [4.78, 5) is 0. The van der Waals surface area contributed by atoms with Gasteiger partial charge in [0, 0.05) is 6.54 Å². The zero-order valence-corrected chi connectivity index (χ0v) is 8.17. The smallest absolute Gasteiger partial charge is 0.110 e. The van der Waals surface area contributed by atoms with E-state index in [4.69, 9.17) is 4.74 Å². The van der Waals surface area contributed by atoms with Crippen molar-refractivity contribution in [3.8, 4) is 0 Å². The van der Waals surface area contributed by atoms with Crippen LogP contribution in [0.5, 0.6) is 0 Å². The Labute approximate surface area is 80.4 Å². The highest BCUT2D eigenvalue weighted by Gasteiger charge is 2.20. The first-order valence-electron chi connectivity index (χ1n) is 5.46. The largest absolute Gasteiger partial charge is 0.497 e. The molecule has 1 aliphatic carbocycles. The van der Waals surface area contributed by atoms with Crippen LogP contribution in [0.2, 0.25) is 0 Å². The third kappa shape index (κ3) is 3.39. The van der Waals surface area contributed by atoms with Gasteiger partial charge in [0.1, 0.15) is 6.10 Å². The number of rotatable bonds is 5. The van der Waals surface area contributed by atoms with Crippen LogP contribution in [-0.4, -0.2) is 19.2 Å². The number of nitrogens with one attached hydrogen (secondary N) is 1. The summed E-state index contributed by atoms with van der Waals surface area (Å²) in [5, 5.41) is 3.47. The molecule has 0 radical (unpaired) electrons. The quantitative estimate of drug-likeness (QED) is 0.656. The molecule has 74 valence electrons. The SMILES string of the molecule is C1=COC(CNCCC2CC2)CC1. The van der Waals surface area contributed by atoms with Crippen LogP contribution < -0.4 is 5.32 Å². The second-order valence-corrected chi connectivity index (χ2v) is 4.14. The van der Waals surface area contributed by atoms with Gasteiger partial charge in [0.2, 0.25) is 0 Å². The van der Waals surface area contributed by atoms with Crippen LogP contribution in [0.15, 0.2) is 12.3 Å². The molecule has 0 amide bonds. The molecular formula is C11H19NO. The molecule has 0 spiro atoms. The Kier molecular flexibility index (Phi) is 3.25. The average Bonchev–Trinajstić information content (AvgIpc) is 2.98. The van der Waals surface area contributed by atoms with Crippen molar-refractivity contribution < 1.29 is 4.74 Å². The summed E-state index contributed by atoms with van der Waals surface area (Å²) in [6.07, 6.45) is 11.0. The highest BCUT2D eigenvalue weighted by atomic mass is 16.5. The highest BCUT2D eigenvalue weighted by Crippen LogP contribution is 2.31. The number of allylic oxidation sites excluding steroid dienone is 1. The molecule has 0 aromatic rings. The van der Waals surface area contributed by atoms with Crippen LogP contribution in [0.1, 0.15) is 32.1 Å². The molecule has 1 aliphatic heterocycles. The van der Waals surface area contributed by atoms with Crippen LogP contribution in [0, 0.1) is 5.92 Å². The molecule has 1 heterocycles. The third-order valence-electron chi connectivity index (χ3n) is 2.82. The maximum atomic E-state index is 5.46. The molecule has 1 N–H and O–H groups in total. The summed E-state index contributed by atoms with van der Waals surface area (Å²) in [7, 11) is 0. The van der Waals surface area contributed by atoms with Crippen molar-refractivity contribution in [2.75, 3.05) is 13.1 Å². The third-order valence-corrected chi connectivity index (χ3v) is 2.82. The van der Waals surface area contributed by atoms with Gasteiger partial charge in [-0.15, -0.1) is 0 Å². The first kappa shape index (κ1) is 9.07. The van der Waals surface area contributed by atoms with Crippen LogP contribution in [0.25, 0.3) is 0 Å². The second-order valence-electron chi connectivity index (χ2n) is 4.14. The fourth-order valence-corrected chi connectivity index (χ4v) is 1.71. The molecule has 1 saturated carbocycles. The lowest BCUT2D eigenvalue weighted by atomic mass is 10.1. The molecule has 0 aromatic carbocycles. The Morgan fingerprint density at radius 1 is 1.31 bits per heavy atom. The van der Waals surface area contributed by atoms with E-state index in [-0.39, 0.29) is 0 Å². The van der Waals surface area contributed by atoms with E-state index in [1.807, 2.05) is 6.26 Å². The van der Waals surface area contributed by atoms with Crippen molar-refractivity contribution in [1.82, 2.24) is 5.32 Å². The maximum Gasteiger partial charge on any atom is 0.110 e. The fourth-order valence-electron chi connectivity index (χ4n) is 1.71. The minimum Gasteiger partial charge on any atom is -0.497 e. The maximum absolute atomic E-state index is 5.46. The monoisotopic (exact) mass is 181 g/mol. The number of hydrogen-bond donors (Lipinski definition) is 1. The lowest BCUT2D eigenvalue weighted by molar-refractivity contribution is 0.122. The van der Waals surface area contributed by atoms with Gasteiger partial charge in [0.15, 0.2) is 0 Å². The van der Waals surface area contributed by atoms with E-state index in [2.05, 4.69) is 11.4 Å². The van der Waals surface area contributed by atoms with Crippen molar-refractivity contribution in [2.45, 2.75) is 38.2 Å². The van der Waals surface area contributed by atoms with E-state index in [1.165, 1.54) is 38.6 Å². The van der Waals surface area contributed by atoms with E-state index < -0.39 is 0 Å². The highest BCUT2D eigenvalue weighted by molar-refractivity contribution is 4.83. The summed E-state index contributed by atoms with van der Waals surface area (Å²) in [5.41, 5.74) is 0. The van der Waals surface area contributed by atoms with Crippen molar-refractivity contribution in [3.05, 3.63) is 12.3 Å². The molecule has 2 rings (SSSR count). The first-order chi connectivity index (χ1) is 6.45. The second kappa shape index (κ2) is 4.66. The molecule has 0 saturated heterocycles. The van der Waals surface area contributed by atoms with Gasteiger partial charge in [-0.25, -0.2) is 0 Å². The topological polar surface area (TPSA) is 21.3 Å². The summed E-state index contributed by atoms with van der Waals surface area (Å²) in [6, 6.07) is 0. The first-order valence-corrected chi connectivity index (χ1v) is 5.46. The molecule has 1 fully saturated rings. The lowest BCUT2D eigenvalue weighted by Gasteiger charge is -2.19. The zero-order chi connectivity index (χ0) is 8.93. The summed E-state index contributed by atoms with van der Waals surface area (Å²) < 4.78 is 5.46. The van der Waals surface area contributed by atoms with Crippen molar-refractivity contribution >= 4 is 0 Å². The van der Waals surface area contributed by atoms with Gasteiger partial charge < -0.3 is 10.1 Å². The normalized spacial score (nSPS) is 27.2. The van der Waals surface area contributed by atoms with Gasteiger partial charge in [0.25, 0.3) is 0 Å². The molecule has 2 heteroatoms. The molecular weight excluding hydrogens is 162 g/mol. The molecule has 2 nitrogen and oxygen atoms in total. The Morgan fingerprint density at radius 2 is 2.23 bits per heavy atom. The Hall–Kier alpha value is -0.500. The molecule has 1 unspecified atom stereocenters. The van der Waals surface area contributed by atoms with Gasteiger partial charge in [-0.05, 0) is 37.8 Å². The predicted molar refractivity (Wildman–Crippen MR) is 53.5 cm³/mol. The fraction of sp³-hybridized carbons (Fsp3) is 0.818. The van der Waals surface area contributed by atoms with Crippen molar-refractivity contribution in [1.29, 1.82) is 0 Å². The number of hydrogen-bond acceptors (Lipinski definition) is 2. The van der Waals surface area contributed by atoms with E-state index in [9.17, 15) is 0 Å². The Bertz CT molecular complexity index is 175. The van der Waals surface area contributed by atoms with E-state index in [0.717, 1.165) is 12.5 Å². The van der Waals surface area contributed by atoms with Gasteiger partial charge in [-0.1, -0.05) is 12.8 Å². The summed E-state index contributed by atoms with van der Waals surface area (Å²) >= 11 is 0. The standard InChI is InChI=1S/C11H19NO/c1-2-8-13-11(3-1)9-12-7-6-10-4-5-10/h2,8,10-12H,1,3-7,9H2. The lowest BCUT2D eigenvalue weighted by Crippen LogP contribution is -2.29. The summed E-state index contributed by atoms with van der Waals surface area (Å²) in [6.45, 7) is 2.20. The van der Waals surface area contributed by atoms with Crippen LogP contribution in [0.4, 0.5) is 0 Å².